The first kappa shape index (κ1) is 18.6. The Kier molecular flexibility index (Phi) is 5.92. The summed E-state index contributed by atoms with van der Waals surface area (Å²) in [5, 5.41) is 8.40. The van der Waals surface area contributed by atoms with Crippen LogP contribution in [-0.4, -0.2) is 46.3 Å². The number of hydrogen-bond donors (Lipinski definition) is 0. The van der Waals surface area contributed by atoms with Crippen molar-refractivity contribution in [3.63, 3.8) is 0 Å². The molecule has 2 aromatic heterocycles. The molecule has 28 heavy (non-hydrogen) atoms. The topological polar surface area (TPSA) is 64.3 Å². The Morgan fingerprint density at radius 2 is 1.96 bits per heavy atom. The summed E-state index contributed by atoms with van der Waals surface area (Å²) in [7, 11) is 0. The highest BCUT2D eigenvalue weighted by atomic mass is 19.1. The van der Waals surface area contributed by atoms with Crippen LogP contribution in [0.15, 0.2) is 53.2 Å². The molecule has 1 aliphatic heterocycles. The van der Waals surface area contributed by atoms with E-state index in [-0.39, 0.29) is 5.82 Å². The third-order valence-electron chi connectivity index (χ3n) is 5.00. The first-order chi connectivity index (χ1) is 13.8. The van der Waals surface area contributed by atoms with E-state index in [0.29, 0.717) is 30.1 Å². The SMILES string of the molecule is Fc1ccccc1OCCCN1CCC(c2nnc(-c3cccnc3)o2)CC1. The fourth-order valence-electron chi connectivity index (χ4n) is 3.44. The predicted octanol–water partition coefficient (Wildman–Crippen LogP) is 3.92. The standard InChI is InChI=1S/C21H23FN4O2/c22-18-6-1-2-7-19(18)27-14-4-11-26-12-8-16(9-13-26)20-24-25-21(28-20)17-5-3-10-23-15-17/h1-3,5-7,10,15-16H,4,8-9,11-14H2. The van der Waals surface area contributed by atoms with Gasteiger partial charge in [0.25, 0.3) is 0 Å². The van der Waals surface area contributed by atoms with Crippen molar-refractivity contribution in [3.05, 3.63) is 60.5 Å². The minimum atomic E-state index is -0.312. The van der Waals surface area contributed by atoms with Gasteiger partial charge >= 0.3 is 0 Å². The van der Waals surface area contributed by atoms with Crippen LogP contribution in [0.25, 0.3) is 11.5 Å². The highest BCUT2D eigenvalue weighted by Gasteiger charge is 2.25. The molecule has 146 valence electrons. The van der Waals surface area contributed by atoms with E-state index in [2.05, 4.69) is 20.1 Å². The fraction of sp³-hybridized carbons (Fsp3) is 0.381. The normalized spacial score (nSPS) is 15.6. The maximum absolute atomic E-state index is 13.5. The molecule has 1 saturated heterocycles. The van der Waals surface area contributed by atoms with Gasteiger partial charge in [0.2, 0.25) is 11.8 Å². The number of benzene rings is 1. The third kappa shape index (κ3) is 4.54. The Balaban J connectivity index is 1.21. The van der Waals surface area contributed by atoms with Crippen LogP contribution in [0.5, 0.6) is 5.75 Å². The lowest BCUT2D eigenvalue weighted by atomic mass is 9.97. The minimum absolute atomic E-state index is 0.295. The summed E-state index contributed by atoms with van der Waals surface area (Å²) in [6.07, 6.45) is 6.29. The Morgan fingerprint density at radius 1 is 1.11 bits per heavy atom. The first-order valence-electron chi connectivity index (χ1n) is 9.63. The number of ether oxygens (including phenoxy) is 1. The van der Waals surface area contributed by atoms with Gasteiger partial charge in [-0.2, -0.15) is 0 Å². The summed E-state index contributed by atoms with van der Waals surface area (Å²) in [6, 6.07) is 10.3. The zero-order valence-electron chi connectivity index (χ0n) is 15.6. The molecule has 3 heterocycles. The summed E-state index contributed by atoms with van der Waals surface area (Å²) in [4.78, 5) is 6.49. The number of halogens is 1. The van der Waals surface area contributed by atoms with Crippen LogP contribution in [0.3, 0.4) is 0 Å². The lowest BCUT2D eigenvalue weighted by Gasteiger charge is -2.30. The van der Waals surface area contributed by atoms with Crippen molar-refractivity contribution >= 4 is 0 Å². The number of nitrogens with zero attached hydrogens (tertiary/aromatic N) is 4. The highest BCUT2D eigenvalue weighted by Crippen LogP contribution is 2.29. The van der Waals surface area contributed by atoms with Crippen LogP contribution in [0.1, 0.15) is 31.1 Å². The number of pyridine rings is 1. The van der Waals surface area contributed by atoms with E-state index in [4.69, 9.17) is 9.15 Å². The zero-order chi connectivity index (χ0) is 19.2. The quantitative estimate of drug-likeness (QED) is 0.577. The summed E-state index contributed by atoms with van der Waals surface area (Å²) in [5.41, 5.74) is 0.841. The van der Waals surface area contributed by atoms with Crippen molar-refractivity contribution in [3.8, 4) is 17.2 Å². The van der Waals surface area contributed by atoms with Crippen LogP contribution in [0.4, 0.5) is 4.39 Å². The Bertz CT molecular complexity index is 879. The molecule has 0 amide bonds. The van der Waals surface area contributed by atoms with Crippen molar-refractivity contribution in [1.29, 1.82) is 0 Å². The second-order valence-corrected chi connectivity index (χ2v) is 6.94. The number of rotatable bonds is 7. The Hall–Kier alpha value is -2.80. The van der Waals surface area contributed by atoms with Gasteiger partial charge in [0.1, 0.15) is 0 Å². The average Bonchev–Trinajstić information content (AvgIpc) is 3.24. The van der Waals surface area contributed by atoms with Gasteiger partial charge in [-0.25, -0.2) is 4.39 Å². The number of likely N-dealkylation sites (tertiary alicyclic amines) is 1. The van der Waals surface area contributed by atoms with Crippen LogP contribution in [-0.2, 0) is 0 Å². The summed E-state index contributed by atoms with van der Waals surface area (Å²) in [6.45, 7) is 3.41. The van der Waals surface area contributed by atoms with Crippen LogP contribution in [0.2, 0.25) is 0 Å². The van der Waals surface area contributed by atoms with Gasteiger partial charge in [-0.3, -0.25) is 4.98 Å². The van der Waals surface area contributed by atoms with Gasteiger partial charge in [-0.15, -0.1) is 10.2 Å². The molecule has 0 unspecified atom stereocenters. The lowest BCUT2D eigenvalue weighted by molar-refractivity contribution is 0.183. The van der Waals surface area contributed by atoms with Crippen molar-refractivity contribution in [2.75, 3.05) is 26.2 Å². The molecule has 1 fully saturated rings. The van der Waals surface area contributed by atoms with Crippen LogP contribution in [0, 0.1) is 5.82 Å². The fourth-order valence-corrected chi connectivity index (χ4v) is 3.44. The second kappa shape index (κ2) is 8.93. The molecule has 0 N–H and O–H groups in total. The molecule has 0 spiro atoms. The highest BCUT2D eigenvalue weighted by molar-refractivity contribution is 5.50. The largest absolute Gasteiger partial charge is 0.490 e. The van der Waals surface area contributed by atoms with Crippen molar-refractivity contribution in [2.24, 2.45) is 0 Å². The monoisotopic (exact) mass is 382 g/mol. The van der Waals surface area contributed by atoms with E-state index in [9.17, 15) is 4.39 Å². The summed E-state index contributed by atoms with van der Waals surface area (Å²) >= 11 is 0. The maximum atomic E-state index is 13.5. The molecule has 0 bridgehead atoms. The smallest absolute Gasteiger partial charge is 0.249 e. The van der Waals surface area contributed by atoms with Crippen LogP contribution < -0.4 is 4.74 Å². The number of hydrogen-bond acceptors (Lipinski definition) is 6. The van der Waals surface area contributed by atoms with Crippen LogP contribution >= 0.6 is 0 Å². The molecule has 0 aliphatic carbocycles. The predicted molar refractivity (Wildman–Crippen MR) is 102 cm³/mol. The first-order valence-corrected chi connectivity index (χ1v) is 9.63. The molecule has 6 nitrogen and oxygen atoms in total. The molecule has 7 heteroatoms. The minimum Gasteiger partial charge on any atom is -0.490 e. The van der Waals surface area contributed by atoms with Gasteiger partial charge in [0.05, 0.1) is 12.2 Å². The van der Waals surface area contributed by atoms with E-state index >= 15 is 0 Å². The van der Waals surface area contributed by atoms with Gasteiger partial charge in [-0.1, -0.05) is 12.1 Å². The zero-order valence-corrected chi connectivity index (χ0v) is 15.6. The van der Waals surface area contributed by atoms with E-state index in [1.165, 1.54) is 6.07 Å². The Labute approximate surface area is 163 Å². The molecule has 4 rings (SSSR count). The molecule has 0 radical (unpaired) electrons. The van der Waals surface area contributed by atoms with E-state index < -0.39 is 0 Å². The number of piperidine rings is 1. The Morgan fingerprint density at radius 3 is 2.75 bits per heavy atom. The molecule has 1 aromatic carbocycles. The summed E-state index contributed by atoms with van der Waals surface area (Å²) in [5.74, 6) is 1.54. The van der Waals surface area contributed by atoms with Gasteiger partial charge in [0.15, 0.2) is 11.6 Å². The summed E-state index contributed by atoms with van der Waals surface area (Å²) < 4.78 is 24.9. The van der Waals surface area contributed by atoms with Crippen molar-refractivity contribution in [2.45, 2.75) is 25.2 Å². The average molecular weight is 382 g/mol. The second-order valence-electron chi connectivity index (χ2n) is 6.94. The van der Waals surface area contributed by atoms with E-state index in [1.54, 1.807) is 30.6 Å². The van der Waals surface area contributed by atoms with Gasteiger partial charge < -0.3 is 14.1 Å². The maximum Gasteiger partial charge on any atom is 0.249 e. The molecule has 0 saturated carbocycles. The molecular weight excluding hydrogens is 359 g/mol. The molecular formula is C21H23FN4O2. The van der Waals surface area contributed by atoms with Crippen molar-refractivity contribution < 1.29 is 13.5 Å². The van der Waals surface area contributed by atoms with E-state index in [1.807, 2.05) is 12.1 Å². The number of aromatic nitrogens is 3. The third-order valence-corrected chi connectivity index (χ3v) is 5.00. The van der Waals surface area contributed by atoms with Gasteiger partial charge in [0, 0.05) is 24.9 Å². The van der Waals surface area contributed by atoms with Gasteiger partial charge in [-0.05, 0) is 56.6 Å². The molecule has 1 aliphatic rings. The molecule has 0 atom stereocenters. The molecule has 3 aromatic rings. The lowest BCUT2D eigenvalue weighted by Crippen LogP contribution is -2.34. The van der Waals surface area contributed by atoms with E-state index in [0.717, 1.165) is 44.5 Å². The van der Waals surface area contributed by atoms with Crippen molar-refractivity contribution in [1.82, 2.24) is 20.1 Å². The number of para-hydroxylation sites is 1.